The second kappa shape index (κ2) is 9.55. The molecule has 4 rings (SSSR count). The van der Waals surface area contributed by atoms with Crippen LogP contribution in [0.1, 0.15) is 46.5 Å². The number of hydrogen-bond donors (Lipinski definition) is 1. The molecule has 4 atom stereocenters. The lowest BCUT2D eigenvalue weighted by atomic mass is 9.93. The summed E-state index contributed by atoms with van der Waals surface area (Å²) in [5, 5.41) is 13.2. The van der Waals surface area contributed by atoms with Gasteiger partial charge in [0.05, 0.1) is 24.4 Å². The first-order chi connectivity index (χ1) is 14.9. The van der Waals surface area contributed by atoms with E-state index in [0.29, 0.717) is 19.4 Å². The first-order valence-electron chi connectivity index (χ1n) is 11.6. The number of fused-ring (bicyclic) bond motifs is 1. The molecule has 31 heavy (non-hydrogen) atoms. The Hall–Kier alpha value is -1.50. The fourth-order valence-electron chi connectivity index (χ4n) is 5.24. The topological polar surface area (TPSA) is 47.9 Å². The molecule has 2 saturated heterocycles. The monoisotopic (exact) mass is 440 g/mol. The fraction of sp³-hybridized carbons (Fsp3) is 0.538. The molecular weight excluding hydrogens is 404 g/mol. The number of ether oxygens (including phenoxy) is 2. The first-order valence-corrected chi connectivity index (χ1v) is 13.5. The Morgan fingerprint density at radius 3 is 2.16 bits per heavy atom. The van der Waals surface area contributed by atoms with Crippen LogP contribution in [0.5, 0.6) is 0 Å². The van der Waals surface area contributed by atoms with Crippen LogP contribution in [0.15, 0.2) is 60.7 Å². The van der Waals surface area contributed by atoms with Gasteiger partial charge in [0.1, 0.15) is 0 Å². The number of benzene rings is 2. The molecule has 2 fully saturated rings. The van der Waals surface area contributed by atoms with Crippen molar-refractivity contribution in [3.8, 4) is 0 Å². The van der Waals surface area contributed by atoms with Crippen LogP contribution in [0.2, 0.25) is 5.04 Å². The molecule has 0 unspecified atom stereocenters. The maximum absolute atomic E-state index is 10.7. The van der Waals surface area contributed by atoms with Gasteiger partial charge in [-0.05, 0) is 34.7 Å². The summed E-state index contributed by atoms with van der Waals surface area (Å²) in [6.45, 7) is 8.20. The molecule has 0 aliphatic carbocycles. The van der Waals surface area contributed by atoms with Crippen molar-refractivity contribution >= 4 is 18.7 Å². The van der Waals surface area contributed by atoms with Gasteiger partial charge >= 0.3 is 0 Å². The molecule has 168 valence electrons. The Morgan fingerprint density at radius 1 is 0.968 bits per heavy atom. The van der Waals surface area contributed by atoms with Gasteiger partial charge in [-0.1, -0.05) is 81.4 Å². The SMILES string of the molecule is CC(C)(C)[Si](OCC[C@@H]1O[C@@H]2CCCO[C@@H]2C[C@@H]1O)(c1ccccc1)c1ccccc1. The van der Waals surface area contributed by atoms with Crippen LogP contribution in [0.4, 0.5) is 0 Å². The van der Waals surface area contributed by atoms with Crippen LogP contribution in [0.3, 0.4) is 0 Å². The second-order valence-electron chi connectivity index (χ2n) is 9.87. The molecule has 1 N–H and O–H groups in total. The number of aliphatic hydroxyl groups excluding tert-OH is 1. The van der Waals surface area contributed by atoms with Gasteiger partial charge in [0.25, 0.3) is 8.32 Å². The fourth-order valence-corrected chi connectivity index (χ4v) is 9.82. The predicted octanol–water partition coefficient (Wildman–Crippen LogP) is 3.65. The summed E-state index contributed by atoms with van der Waals surface area (Å²) in [6, 6.07) is 21.4. The molecule has 2 heterocycles. The van der Waals surface area contributed by atoms with Crippen molar-refractivity contribution in [3.05, 3.63) is 60.7 Å². The lowest BCUT2D eigenvalue weighted by Crippen LogP contribution is -2.66. The molecule has 0 bridgehead atoms. The largest absolute Gasteiger partial charge is 0.407 e. The molecule has 2 aromatic rings. The Kier molecular flexibility index (Phi) is 6.99. The molecule has 2 aromatic carbocycles. The van der Waals surface area contributed by atoms with E-state index in [4.69, 9.17) is 13.9 Å². The summed E-state index contributed by atoms with van der Waals surface area (Å²) in [4.78, 5) is 0. The molecule has 0 radical (unpaired) electrons. The number of rotatable bonds is 6. The van der Waals surface area contributed by atoms with Crippen LogP contribution < -0.4 is 10.4 Å². The highest BCUT2D eigenvalue weighted by Gasteiger charge is 2.50. The van der Waals surface area contributed by atoms with Crippen molar-refractivity contribution in [2.24, 2.45) is 0 Å². The number of aliphatic hydroxyl groups is 1. The van der Waals surface area contributed by atoms with Gasteiger partial charge in [0.15, 0.2) is 0 Å². The van der Waals surface area contributed by atoms with Gasteiger partial charge < -0.3 is 19.0 Å². The van der Waals surface area contributed by atoms with E-state index < -0.39 is 14.4 Å². The highest BCUT2D eigenvalue weighted by molar-refractivity contribution is 6.99. The van der Waals surface area contributed by atoms with Crippen LogP contribution in [0.25, 0.3) is 0 Å². The summed E-state index contributed by atoms with van der Waals surface area (Å²) >= 11 is 0. The van der Waals surface area contributed by atoms with Gasteiger partial charge in [-0.15, -0.1) is 0 Å². The molecular formula is C26H36O4Si. The Bertz CT molecular complexity index is 781. The van der Waals surface area contributed by atoms with E-state index in [-0.39, 0.29) is 23.4 Å². The average Bonchev–Trinajstić information content (AvgIpc) is 2.77. The smallest absolute Gasteiger partial charge is 0.261 e. The third-order valence-corrected chi connectivity index (χ3v) is 11.8. The lowest BCUT2D eigenvalue weighted by molar-refractivity contribution is -0.204. The molecule has 4 nitrogen and oxygen atoms in total. The van der Waals surface area contributed by atoms with Crippen molar-refractivity contribution in [2.45, 2.75) is 75.9 Å². The quantitative estimate of drug-likeness (QED) is 0.697. The summed E-state index contributed by atoms with van der Waals surface area (Å²) in [5.41, 5.74) is 0. The van der Waals surface area contributed by atoms with Crippen molar-refractivity contribution in [2.75, 3.05) is 13.2 Å². The van der Waals surface area contributed by atoms with Crippen molar-refractivity contribution in [1.82, 2.24) is 0 Å². The van der Waals surface area contributed by atoms with Crippen LogP contribution >= 0.6 is 0 Å². The summed E-state index contributed by atoms with van der Waals surface area (Å²) in [6.07, 6.45) is 2.85. The van der Waals surface area contributed by atoms with Gasteiger partial charge in [0.2, 0.25) is 0 Å². The molecule has 0 spiro atoms. The van der Waals surface area contributed by atoms with E-state index in [9.17, 15) is 5.11 Å². The van der Waals surface area contributed by atoms with Crippen molar-refractivity contribution in [3.63, 3.8) is 0 Å². The summed E-state index contributed by atoms with van der Waals surface area (Å²) in [7, 11) is -2.55. The molecule has 0 saturated carbocycles. The van der Waals surface area contributed by atoms with Crippen molar-refractivity contribution in [1.29, 1.82) is 0 Å². The maximum atomic E-state index is 10.7. The molecule has 2 aliphatic rings. The van der Waals surface area contributed by atoms with E-state index in [1.807, 2.05) is 0 Å². The Morgan fingerprint density at radius 2 is 1.58 bits per heavy atom. The zero-order valence-electron chi connectivity index (χ0n) is 19.0. The van der Waals surface area contributed by atoms with Gasteiger partial charge in [-0.3, -0.25) is 0 Å². The van der Waals surface area contributed by atoms with Crippen LogP contribution in [0, 0.1) is 0 Å². The van der Waals surface area contributed by atoms with E-state index in [2.05, 4.69) is 81.4 Å². The zero-order chi connectivity index (χ0) is 21.9. The normalized spacial score (nSPS) is 27.0. The minimum Gasteiger partial charge on any atom is -0.407 e. The van der Waals surface area contributed by atoms with E-state index >= 15 is 0 Å². The van der Waals surface area contributed by atoms with E-state index in [0.717, 1.165) is 19.4 Å². The van der Waals surface area contributed by atoms with Gasteiger partial charge in [-0.25, -0.2) is 0 Å². The highest BCUT2D eigenvalue weighted by atomic mass is 28.4. The second-order valence-corrected chi connectivity index (χ2v) is 14.2. The maximum Gasteiger partial charge on any atom is 0.261 e. The Balaban J connectivity index is 1.56. The van der Waals surface area contributed by atoms with Gasteiger partial charge in [-0.2, -0.15) is 0 Å². The lowest BCUT2D eigenvalue weighted by Gasteiger charge is -2.44. The Labute approximate surface area is 187 Å². The van der Waals surface area contributed by atoms with Gasteiger partial charge in [0, 0.05) is 19.6 Å². The summed E-state index contributed by atoms with van der Waals surface area (Å²) < 4.78 is 19.1. The van der Waals surface area contributed by atoms with E-state index in [1.165, 1.54) is 10.4 Å². The highest BCUT2D eigenvalue weighted by Crippen LogP contribution is 2.37. The predicted molar refractivity (Wildman–Crippen MR) is 126 cm³/mol. The molecule has 0 amide bonds. The first kappa shape index (κ1) is 22.7. The van der Waals surface area contributed by atoms with E-state index in [1.54, 1.807) is 0 Å². The standard InChI is InChI=1S/C26H36O4Si/c1-26(2,3)31(20-11-6-4-7-12-20,21-13-8-5-9-14-21)29-18-16-23-22(27)19-25-24(30-23)15-10-17-28-25/h4-9,11-14,22-25,27H,10,15-19H2,1-3H3/t22-,23-,24+,25+/m0/s1. The zero-order valence-corrected chi connectivity index (χ0v) is 20.0. The minimum atomic E-state index is -2.55. The third kappa shape index (κ3) is 4.66. The average molecular weight is 441 g/mol. The molecule has 2 aliphatic heterocycles. The summed E-state index contributed by atoms with van der Waals surface area (Å²) in [5.74, 6) is 0. The van der Waals surface area contributed by atoms with Crippen LogP contribution in [-0.4, -0.2) is 51.1 Å². The number of hydrogen-bond acceptors (Lipinski definition) is 4. The van der Waals surface area contributed by atoms with Crippen molar-refractivity contribution < 1.29 is 19.0 Å². The third-order valence-electron chi connectivity index (χ3n) is 6.77. The van der Waals surface area contributed by atoms with Crippen LogP contribution in [-0.2, 0) is 13.9 Å². The molecule has 5 heteroatoms. The molecule has 0 aromatic heterocycles. The minimum absolute atomic E-state index is 0.0394.